The Balaban J connectivity index is 2.00. The summed E-state index contributed by atoms with van der Waals surface area (Å²) in [4.78, 5) is 16.9. The van der Waals surface area contributed by atoms with Gasteiger partial charge in [-0.05, 0) is 40.2 Å². The monoisotopic (exact) mass is 393 g/mol. The second kappa shape index (κ2) is 6.51. The lowest BCUT2D eigenvalue weighted by Gasteiger charge is -2.04. The molecule has 0 saturated heterocycles. The molecule has 0 fully saturated rings. The lowest BCUT2D eigenvalue weighted by atomic mass is 10.4. The van der Waals surface area contributed by atoms with Crippen LogP contribution in [0.2, 0.25) is 0 Å². The van der Waals surface area contributed by atoms with Crippen LogP contribution in [0.1, 0.15) is 0 Å². The van der Waals surface area contributed by atoms with Crippen molar-refractivity contribution in [1.29, 1.82) is 0 Å². The van der Waals surface area contributed by atoms with Crippen molar-refractivity contribution in [3.05, 3.63) is 53.3 Å². The molecule has 0 saturated carbocycles. The molecule has 8 heteroatoms. The molecule has 118 valence electrons. The van der Waals surface area contributed by atoms with Crippen LogP contribution in [-0.4, -0.2) is 26.8 Å². The molecule has 0 aliphatic carbocycles. The van der Waals surface area contributed by atoms with Gasteiger partial charge in [-0.3, -0.25) is 9.72 Å². The quantitative estimate of drug-likeness (QED) is 0.739. The van der Waals surface area contributed by atoms with Crippen LogP contribution < -0.4 is 5.32 Å². The highest BCUT2D eigenvalue weighted by atomic mass is 79.9. The van der Waals surface area contributed by atoms with Crippen LogP contribution in [0.25, 0.3) is 5.65 Å². The number of nitrogens with zero attached hydrogens (tertiary/aromatic N) is 2. The molecule has 0 radical (unpaired) electrons. The number of benzene rings is 1. The lowest BCUT2D eigenvalue weighted by molar-refractivity contribution is 0.187. The van der Waals surface area contributed by atoms with Crippen LogP contribution >= 0.6 is 15.9 Å². The molecule has 0 bridgehead atoms. The number of carbonyl (C=O) groups is 1. The Hall–Kier alpha value is -2.19. The minimum absolute atomic E-state index is 0.333. The largest absolute Gasteiger partial charge is 0.453 e. The number of ether oxygens (including phenoxy) is 1. The summed E-state index contributed by atoms with van der Waals surface area (Å²) < 4.78 is 19.4. The molecule has 1 unspecified atom stereocenters. The molecule has 0 spiro atoms. The van der Waals surface area contributed by atoms with E-state index in [1.807, 2.05) is 30.3 Å². The number of fused-ring (bicyclic) bond motifs is 1. The van der Waals surface area contributed by atoms with Gasteiger partial charge in [0.15, 0.2) is 5.82 Å². The zero-order valence-electron chi connectivity index (χ0n) is 12.0. The number of amides is 1. The third-order valence-corrected chi connectivity index (χ3v) is 5.24. The first-order chi connectivity index (χ1) is 11.1. The van der Waals surface area contributed by atoms with Gasteiger partial charge >= 0.3 is 6.09 Å². The Morgan fingerprint density at radius 3 is 2.65 bits per heavy atom. The number of imidazole rings is 1. The maximum Gasteiger partial charge on any atom is 0.412 e. The molecular formula is C15H12BrN3O3S. The van der Waals surface area contributed by atoms with E-state index < -0.39 is 16.9 Å². The summed E-state index contributed by atoms with van der Waals surface area (Å²) in [7, 11) is -0.0177. The van der Waals surface area contributed by atoms with Gasteiger partial charge < -0.3 is 4.74 Å². The van der Waals surface area contributed by atoms with E-state index in [0.717, 1.165) is 4.90 Å². The van der Waals surface area contributed by atoms with Gasteiger partial charge in [-0.25, -0.2) is 14.0 Å². The smallest absolute Gasteiger partial charge is 0.412 e. The number of nitrogens with one attached hydrogen (secondary N) is 1. The first-order valence-electron chi connectivity index (χ1n) is 6.59. The summed E-state index contributed by atoms with van der Waals surface area (Å²) in [6.07, 6.45) is 1.11. The number of halogens is 1. The SMILES string of the molecule is COC(=O)Nc1nc2ccc(S(=O)c3ccccc3)cn2c1Br. The van der Waals surface area contributed by atoms with Crippen molar-refractivity contribution >= 4 is 44.3 Å². The molecule has 23 heavy (non-hydrogen) atoms. The molecule has 1 atom stereocenters. The Morgan fingerprint density at radius 2 is 1.96 bits per heavy atom. The number of rotatable bonds is 3. The highest BCUT2D eigenvalue weighted by Gasteiger charge is 2.15. The Kier molecular flexibility index (Phi) is 4.44. The van der Waals surface area contributed by atoms with Gasteiger partial charge in [0, 0.05) is 11.1 Å². The van der Waals surface area contributed by atoms with Crippen LogP contribution in [0.3, 0.4) is 0 Å². The molecule has 2 heterocycles. The minimum atomic E-state index is -1.30. The number of pyridine rings is 1. The average molecular weight is 394 g/mol. The van der Waals surface area contributed by atoms with Crippen molar-refractivity contribution in [3.63, 3.8) is 0 Å². The fraction of sp³-hybridized carbons (Fsp3) is 0.0667. The fourth-order valence-corrected chi connectivity index (χ4v) is 3.55. The van der Waals surface area contributed by atoms with Crippen molar-refractivity contribution in [2.75, 3.05) is 12.4 Å². The van der Waals surface area contributed by atoms with E-state index in [4.69, 9.17) is 0 Å². The van der Waals surface area contributed by atoms with Gasteiger partial charge in [0.2, 0.25) is 0 Å². The average Bonchev–Trinajstić information content (AvgIpc) is 2.90. The second-order valence-electron chi connectivity index (χ2n) is 4.54. The number of methoxy groups -OCH3 is 1. The van der Waals surface area contributed by atoms with Crippen molar-refractivity contribution in [2.45, 2.75) is 9.79 Å². The van der Waals surface area contributed by atoms with Crippen LogP contribution in [0.4, 0.5) is 10.6 Å². The number of hydrogen-bond acceptors (Lipinski definition) is 4. The molecule has 3 rings (SSSR count). The topological polar surface area (TPSA) is 72.7 Å². The molecule has 1 amide bonds. The van der Waals surface area contributed by atoms with E-state index in [1.165, 1.54) is 7.11 Å². The molecule has 0 aliphatic rings. The Labute approximate surface area is 143 Å². The maximum atomic E-state index is 12.6. The van der Waals surface area contributed by atoms with Crippen molar-refractivity contribution in [3.8, 4) is 0 Å². The fourth-order valence-electron chi connectivity index (χ4n) is 2.01. The summed E-state index contributed by atoms with van der Waals surface area (Å²) >= 11 is 3.38. The predicted octanol–water partition coefficient (Wildman–Crippen LogP) is 3.44. The van der Waals surface area contributed by atoms with Crippen LogP contribution in [0.5, 0.6) is 0 Å². The van der Waals surface area contributed by atoms with E-state index in [9.17, 15) is 9.00 Å². The normalized spacial score (nSPS) is 12.1. The van der Waals surface area contributed by atoms with Gasteiger partial charge in [-0.2, -0.15) is 0 Å². The van der Waals surface area contributed by atoms with Gasteiger partial charge in [0.1, 0.15) is 10.3 Å². The van der Waals surface area contributed by atoms with Gasteiger partial charge in [0.25, 0.3) is 0 Å². The number of hydrogen-bond donors (Lipinski definition) is 1. The lowest BCUT2D eigenvalue weighted by Crippen LogP contribution is -2.11. The standard InChI is InChI=1S/C15H12BrN3O3S/c1-22-15(20)18-14-13(16)19-9-11(7-8-12(19)17-14)23(21)10-5-3-2-4-6-10/h2-9H,1H3,(H,18,20). The summed E-state index contributed by atoms with van der Waals surface area (Å²) in [5.74, 6) is 0.333. The van der Waals surface area contributed by atoms with Gasteiger partial charge in [-0.15, -0.1) is 0 Å². The molecule has 0 aliphatic heterocycles. The van der Waals surface area contributed by atoms with E-state index >= 15 is 0 Å². The van der Waals surface area contributed by atoms with Gasteiger partial charge in [0.05, 0.1) is 22.8 Å². The highest BCUT2D eigenvalue weighted by molar-refractivity contribution is 9.10. The van der Waals surface area contributed by atoms with Crippen LogP contribution in [-0.2, 0) is 15.5 Å². The van der Waals surface area contributed by atoms with Crippen molar-refractivity contribution < 1.29 is 13.7 Å². The molecule has 2 aromatic heterocycles. The van der Waals surface area contributed by atoms with Crippen LogP contribution in [0.15, 0.2) is 63.1 Å². The molecule has 3 aromatic rings. The highest BCUT2D eigenvalue weighted by Crippen LogP contribution is 2.26. The number of carbonyl (C=O) groups excluding carboxylic acids is 1. The van der Waals surface area contributed by atoms with Crippen molar-refractivity contribution in [2.24, 2.45) is 0 Å². The molecule has 6 nitrogen and oxygen atoms in total. The molecular weight excluding hydrogens is 382 g/mol. The summed E-state index contributed by atoms with van der Waals surface area (Å²) in [6.45, 7) is 0. The maximum absolute atomic E-state index is 12.6. The Bertz CT molecular complexity index is 896. The first kappa shape index (κ1) is 15.7. The van der Waals surface area contributed by atoms with E-state index in [0.29, 0.717) is 21.0 Å². The Morgan fingerprint density at radius 1 is 1.22 bits per heavy atom. The van der Waals surface area contributed by atoms with Crippen LogP contribution in [0, 0.1) is 0 Å². The van der Waals surface area contributed by atoms with Crippen molar-refractivity contribution in [1.82, 2.24) is 9.38 Å². The summed E-state index contributed by atoms with van der Waals surface area (Å²) in [5, 5.41) is 2.51. The summed E-state index contributed by atoms with van der Waals surface area (Å²) in [5.41, 5.74) is 0.608. The molecule has 1 N–H and O–H groups in total. The van der Waals surface area contributed by atoms with E-state index in [1.54, 1.807) is 22.7 Å². The first-order valence-corrected chi connectivity index (χ1v) is 8.54. The number of anilines is 1. The minimum Gasteiger partial charge on any atom is -0.453 e. The zero-order chi connectivity index (χ0) is 16.4. The third kappa shape index (κ3) is 3.13. The number of aromatic nitrogens is 2. The summed E-state index contributed by atoms with van der Waals surface area (Å²) in [6, 6.07) is 12.7. The molecule has 1 aromatic carbocycles. The third-order valence-electron chi connectivity index (χ3n) is 3.11. The van der Waals surface area contributed by atoms with E-state index in [2.05, 4.69) is 31.0 Å². The van der Waals surface area contributed by atoms with Gasteiger partial charge in [-0.1, -0.05) is 18.2 Å². The predicted molar refractivity (Wildman–Crippen MR) is 90.0 cm³/mol. The zero-order valence-corrected chi connectivity index (χ0v) is 14.4. The van der Waals surface area contributed by atoms with E-state index in [-0.39, 0.29) is 0 Å². The second-order valence-corrected chi connectivity index (χ2v) is 6.77.